The van der Waals surface area contributed by atoms with E-state index in [1.807, 2.05) is 0 Å². The van der Waals surface area contributed by atoms with Gasteiger partial charge >= 0.3 is 0 Å². The summed E-state index contributed by atoms with van der Waals surface area (Å²) in [7, 11) is 0. The number of aromatic amines is 1. The van der Waals surface area contributed by atoms with Gasteiger partial charge in [-0.05, 0) is 18.2 Å². The van der Waals surface area contributed by atoms with E-state index in [1.165, 1.54) is 12.1 Å². The highest BCUT2D eigenvalue weighted by Crippen LogP contribution is 2.42. The average molecular weight is 339 g/mol. The van der Waals surface area contributed by atoms with Crippen molar-refractivity contribution in [2.45, 2.75) is 0 Å². The molecule has 8 heteroatoms. The lowest BCUT2D eigenvalue weighted by Crippen LogP contribution is -2.15. The summed E-state index contributed by atoms with van der Waals surface area (Å²) in [6, 6.07) is 9.38. The van der Waals surface area contributed by atoms with Gasteiger partial charge in [0.15, 0.2) is 17.2 Å². The van der Waals surface area contributed by atoms with Gasteiger partial charge in [0.25, 0.3) is 5.91 Å². The molecular formula is C17H13N3O5. The third kappa shape index (κ3) is 2.63. The van der Waals surface area contributed by atoms with Gasteiger partial charge in [0.2, 0.25) is 5.88 Å². The average Bonchev–Trinajstić information content (AvgIpc) is 2.92. The van der Waals surface area contributed by atoms with Crippen molar-refractivity contribution in [3.05, 3.63) is 42.0 Å². The number of hydrogen-bond acceptors (Lipinski definition) is 6. The Balaban J connectivity index is 1.73. The number of H-pyrrole nitrogens is 1. The summed E-state index contributed by atoms with van der Waals surface area (Å²) in [6.07, 6.45) is 0. The maximum Gasteiger partial charge on any atom is 0.299 e. The van der Waals surface area contributed by atoms with Gasteiger partial charge in [-0.3, -0.25) is 4.79 Å². The number of phenols is 1. The highest BCUT2D eigenvalue weighted by Gasteiger charge is 2.18. The second-order valence-corrected chi connectivity index (χ2v) is 5.39. The Morgan fingerprint density at radius 3 is 2.56 bits per heavy atom. The van der Waals surface area contributed by atoms with Crippen molar-refractivity contribution in [1.29, 1.82) is 0 Å². The van der Waals surface area contributed by atoms with E-state index in [4.69, 9.17) is 9.47 Å². The van der Waals surface area contributed by atoms with Crippen LogP contribution in [0.25, 0.3) is 10.9 Å². The van der Waals surface area contributed by atoms with E-state index in [2.05, 4.69) is 15.2 Å². The Labute approximate surface area is 141 Å². The van der Waals surface area contributed by atoms with E-state index in [9.17, 15) is 15.0 Å². The number of ether oxygens (including phenoxy) is 2. The van der Waals surface area contributed by atoms with Crippen molar-refractivity contribution in [2.24, 2.45) is 10.2 Å². The molecule has 1 amide bonds. The fraction of sp³-hybridized carbons (Fsp3) is 0.118. The summed E-state index contributed by atoms with van der Waals surface area (Å²) in [5.41, 5.74) is 0.709. The van der Waals surface area contributed by atoms with Crippen LogP contribution in [0.3, 0.4) is 0 Å². The van der Waals surface area contributed by atoms with Gasteiger partial charge in [-0.1, -0.05) is 12.1 Å². The van der Waals surface area contributed by atoms with Crippen molar-refractivity contribution >= 4 is 22.5 Å². The minimum absolute atomic E-state index is 0.0275. The molecule has 8 nitrogen and oxygen atoms in total. The molecule has 1 aliphatic rings. The van der Waals surface area contributed by atoms with Crippen LogP contribution >= 0.6 is 0 Å². The number of nitrogens with one attached hydrogen (secondary N) is 1. The van der Waals surface area contributed by atoms with Crippen molar-refractivity contribution in [3.8, 4) is 23.1 Å². The zero-order valence-corrected chi connectivity index (χ0v) is 12.9. The van der Waals surface area contributed by atoms with Crippen LogP contribution in [0.5, 0.6) is 23.1 Å². The molecule has 126 valence electrons. The second kappa shape index (κ2) is 5.82. The first-order valence-electron chi connectivity index (χ1n) is 7.52. The fourth-order valence-corrected chi connectivity index (χ4v) is 2.61. The maximum absolute atomic E-state index is 12.1. The van der Waals surface area contributed by atoms with Gasteiger partial charge in [-0.2, -0.15) is 0 Å². The number of para-hydroxylation sites is 1. The number of phenolic OH excluding ortho intramolecular Hbond substituents is 1. The molecule has 0 unspecified atom stereocenters. The lowest BCUT2D eigenvalue weighted by molar-refractivity contribution is 0.0992. The van der Waals surface area contributed by atoms with Gasteiger partial charge in [-0.15, -0.1) is 10.2 Å². The summed E-state index contributed by atoms with van der Waals surface area (Å²) < 4.78 is 11.0. The number of hydrogen-bond donors (Lipinski definition) is 3. The van der Waals surface area contributed by atoms with Crippen LogP contribution in [-0.4, -0.2) is 34.3 Å². The van der Waals surface area contributed by atoms with Crippen LogP contribution in [0, 0.1) is 0 Å². The molecule has 2 aromatic carbocycles. The van der Waals surface area contributed by atoms with Gasteiger partial charge in [-0.25, -0.2) is 0 Å². The van der Waals surface area contributed by atoms with Crippen molar-refractivity contribution in [2.75, 3.05) is 13.2 Å². The largest absolute Gasteiger partial charge is 0.507 e. The molecule has 0 bridgehead atoms. The minimum Gasteiger partial charge on any atom is -0.507 e. The summed E-state index contributed by atoms with van der Waals surface area (Å²) >= 11 is 0. The molecule has 0 saturated carbocycles. The van der Waals surface area contributed by atoms with E-state index in [-0.39, 0.29) is 22.9 Å². The van der Waals surface area contributed by atoms with Crippen LogP contribution in [0.15, 0.2) is 46.6 Å². The lowest BCUT2D eigenvalue weighted by atomic mass is 10.2. The van der Waals surface area contributed by atoms with E-state index < -0.39 is 5.91 Å². The molecule has 0 saturated heterocycles. The Hall–Kier alpha value is -3.55. The van der Waals surface area contributed by atoms with Crippen molar-refractivity contribution in [3.63, 3.8) is 0 Å². The molecule has 0 radical (unpaired) electrons. The first kappa shape index (κ1) is 15.0. The van der Waals surface area contributed by atoms with Crippen LogP contribution in [0.4, 0.5) is 5.69 Å². The third-order valence-electron chi connectivity index (χ3n) is 3.79. The number of carbonyl (C=O) groups is 1. The Morgan fingerprint density at radius 1 is 1.08 bits per heavy atom. The topological polar surface area (TPSA) is 117 Å². The standard InChI is InChI=1S/C17H13N3O5/c21-12-4-2-1-3-9(12)16(22)20-19-15-10-7-13-14(25-6-5-24-13)8-11(10)18-17(15)23/h1-4,7-8,18,21,23H,5-6H2. The molecule has 2 heterocycles. The number of azo groups is 1. The highest BCUT2D eigenvalue weighted by molar-refractivity contribution is 5.99. The van der Waals surface area contributed by atoms with Crippen molar-refractivity contribution < 1.29 is 24.5 Å². The molecule has 4 rings (SSSR count). The number of aromatic hydroxyl groups is 2. The molecule has 3 N–H and O–H groups in total. The van der Waals surface area contributed by atoms with Gasteiger partial charge < -0.3 is 24.7 Å². The Morgan fingerprint density at radius 2 is 1.80 bits per heavy atom. The fourth-order valence-electron chi connectivity index (χ4n) is 2.61. The molecule has 25 heavy (non-hydrogen) atoms. The molecule has 1 aliphatic heterocycles. The quantitative estimate of drug-likeness (QED) is 0.620. The normalized spacial score (nSPS) is 13.4. The van der Waals surface area contributed by atoms with E-state index in [0.29, 0.717) is 35.6 Å². The number of amides is 1. The highest BCUT2D eigenvalue weighted by atomic mass is 16.6. The summed E-state index contributed by atoms with van der Waals surface area (Å²) in [5, 5.41) is 27.7. The Bertz CT molecular complexity index is 1010. The predicted octanol–water partition coefficient (Wildman–Crippen LogP) is 3.27. The first-order chi connectivity index (χ1) is 12.1. The SMILES string of the molecule is O=C(N=Nc1c(O)[nH]c2cc3c(cc12)OCCO3)c1ccccc1O. The number of rotatable bonds is 2. The minimum atomic E-state index is -0.718. The van der Waals surface area contributed by atoms with Crippen molar-refractivity contribution in [1.82, 2.24) is 4.98 Å². The summed E-state index contributed by atoms with van der Waals surface area (Å²) in [4.78, 5) is 14.8. The van der Waals surface area contributed by atoms with Gasteiger partial charge in [0.05, 0.1) is 11.1 Å². The molecule has 0 spiro atoms. The van der Waals surface area contributed by atoms with E-state index in [0.717, 1.165) is 0 Å². The number of carbonyl (C=O) groups excluding carboxylic acids is 1. The zero-order chi connectivity index (χ0) is 17.4. The predicted molar refractivity (Wildman–Crippen MR) is 87.9 cm³/mol. The van der Waals surface area contributed by atoms with Gasteiger partial charge in [0, 0.05) is 11.5 Å². The van der Waals surface area contributed by atoms with Crippen LogP contribution in [-0.2, 0) is 0 Å². The van der Waals surface area contributed by atoms with E-state index >= 15 is 0 Å². The molecule has 1 aromatic heterocycles. The second-order valence-electron chi connectivity index (χ2n) is 5.39. The summed E-state index contributed by atoms with van der Waals surface area (Å²) in [6.45, 7) is 0.879. The van der Waals surface area contributed by atoms with Gasteiger partial charge in [0.1, 0.15) is 19.0 Å². The number of aromatic nitrogens is 1. The number of fused-ring (bicyclic) bond motifs is 2. The maximum atomic E-state index is 12.1. The summed E-state index contributed by atoms with van der Waals surface area (Å²) in [5.74, 6) is -0.0419. The first-order valence-corrected chi connectivity index (χ1v) is 7.52. The molecule has 3 aromatic rings. The van der Waals surface area contributed by atoms with Crippen LogP contribution in [0.1, 0.15) is 10.4 Å². The smallest absolute Gasteiger partial charge is 0.299 e. The van der Waals surface area contributed by atoms with Crippen LogP contribution in [0.2, 0.25) is 0 Å². The molecule has 0 aliphatic carbocycles. The zero-order valence-electron chi connectivity index (χ0n) is 12.9. The third-order valence-corrected chi connectivity index (χ3v) is 3.79. The van der Waals surface area contributed by atoms with E-state index in [1.54, 1.807) is 24.3 Å². The number of benzene rings is 2. The molecular weight excluding hydrogens is 326 g/mol. The van der Waals surface area contributed by atoms with Crippen LogP contribution < -0.4 is 9.47 Å². The molecule has 0 atom stereocenters. The monoisotopic (exact) mass is 339 g/mol. The lowest BCUT2D eigenvalue weighted by Gasteiger charge is -2.17. The Kier molecular flexibility index (Phi) is 3.50. The molecule has 0 fully saturated rings. The number of nitrogens with zero attached hydrogens (tertiary/aromatic N) is 2.